The predicted molar refractivity (Wildman–Crippen MR) is 59.3 cm³/mol. The van der Waals surface area contributed by atoms with Gasteiger partial charge in [-0.1, -0.05) is 26.7 Å². The molecule has 0 bridgehead atoms. The van der Waals surface area contributed by atoms with Crippen LogP contribution in [0.2, 0.25) is 0 Å². The van der Waals surface area contributed by atoms with Crippen LogP contribution in [-0.2, 0) is 0 Å². The van der Waals surface area contributed by atoms with Gasteiger partial charge < -0.3 is 5.32 Å². The normalized spacial score (nSPS) is 29.5. The maximum absolute atomic E-state index is 5.95. The molecule has 1 aliphatic carbocycles. The molecule has 13 heavy (non-hydrogen) atoms. The van der Waals surface area contributed by atoms with Crippen LogP contribution in [0.15, 0.2) is 0 Å². The average Bonchev–Trinajstić information content (AvgIpc) is 2.15. The fraction of sp³-hybridized carbons (Fsp3) is 1.00. The Balaban J connectivity index is 2.27. The molecule has 1 aliphatic rings. The van der Waals surface area contributed by atoms with Gasteiger partial charge in [-0.25, -0.2) is 0 Å². The van der Waals surface area contributed by atoms with Crippen molar-refractivity contribution < 1.29 is 0 Å². The van der Waals surface area contributed by atoms with Crippen LogP contribution in [0.4, 0.5) is 0 Å². The van der Waals surface area contributed by atoms with Crippen molar-refractivity contribution >= 4 is 11.6 Å². The quantitative estimate of drug-likeness (QED) is 0.693. The molecule has 0 radical (unpaired) electrons. The second kappa shape index (κ2) is 5.87. The Morgan fingerprint density at radius 3 is 2.62 bits per heavy atom. The van der Waals surface area contributed by atoms with Crippen LogP contribution in [0.25, 0.3) is 0 Å². The van der Waals surface area contributed by atoms with Gasteiger partial charge in [0.1, 0.15) is 0 Å². The van der Waals surface area contributed by atoms with Crippen molar-refractivity contribution in [3.05, 3.63) is 0 Å². The number of rotatable bonds is 4. The van der Waals surface area contributed by atoms with E-state index in [0.29, 0.717) is 12.0 Å². The zero-order valence-electron chi connectivity index (χ0n) is 8.85. The molecular weight excluding hydrogens is 182 g/mol. The third-order valence-electron chi connectivity index (χ3n) is 2.90. The number of hydrogen-bond acceptors (Lipinski definition) is 1. The van der Waals surface area contributed by atoms with E-state index in [1.54, 1.807) is 0 Å². The molecule has 1 fully saturated rings. The third-order valence-corrected chi connectivity index (χ3v) is 3.29. The second-order valence-electron chi connectivity index (χ2n) is 4.61. The van der Waals surface area contributed by atoms with Crippen LogP contribution in [0.1, 0.15) is 39.5 Å². The standard InChI is InChI=1S/C11H22ClN/c1-9(2)8-13-11-6-4-3-5-10(11)7-12/h9-11,13H,3-8H2,1-2H3. The largest absolute Gasteiger partial charge is 0.313 e. The average molecular weight is 204 g/mol. The summed E-state index contributed by atoms with van der Waals surface area (Å²) in [5.74, 6) is 2.29. The lowest BCUT2D eigenvalue weighted by molar-refractivity contribution is 0.276. The van der Waals surface area contributed by atoms with E-state index in [4.69, 9.17) is 11.6 Å². The van der Waals surface area contributed by atoms with Crippen LogP contribution in [0, 0.1) is 11.8 Å². The molecule has 2 heteroatoms. The van der Waals surface area contributed by atoms with Gasteiger partial charge in [-0.05, 0) is 31.2 Å². The summed E-state index contributed by atoms with van der Waals surface area (Å²) in [6, 6.07) is 0.689. The van der Waals surface area contributed by atoms with Gasteiger partial charge in [0, 0.05) is 11.9 Å². The predicted octanol–water partition coefficient (Wildman–Crippen LogP) is 3.03. The zero-order chi connectivity index (χ0) is 9.68. The van der Waals surface area contributed by atoms with Gasteiger partial charge in [0.25, 0.3) is 0 Å². The summed E-state index contributed by atoms with van der Waals surface area (Å²) in [6.45, 7) is 5.65. The Hall–Kier alpha value is 0.250. The minimum atomic E-state index is 0.689. The van der Waals surface area contributed by atoms with Crippen LogP contribution >= 0.6 is 11.6 Å². The van der Waals surface area contributed by atoms with E-state index in [0.717, 1.165) is 18.3 Å². The zero-order valence-corrected chi connectivity index (χ0v) is 9.61. The van der Waals surface area contributed by atoms with Crippen molar-refractivity contribution in [1.29, 1.82) is 0 Å². The summed E-state index contributed by atoms with van der Waals surface area (Å²) in [7, 11) is 0. The molecule has 2 atom stereocenters. The van der Waals surface area contributed by atoms with Crippen molar-refractivity contribution in [3.8, 4) is 0 Å². The van der Waals surface area contributed by atoms with Crippen molar-refractivity contribution in [3.63, 3.8) is 0 Å². The molecule has 0 aromatic heterocycles. The van der Waals surface area contributed by atoms with Crippen molar-refractivity contribution in [2.75, 3.05) is 12.4 Å². The number of alkyl halides is 1. The lowest BCUT2D eigenvalue weighted by Crippen LogP contribution is -2.41. The minimum absolute atomic E-state index is 0.689. The highest BCUT2D eigenvalue weighted by molar-refractivity contribution is 6.18. The first-order valence-corrected chi connectivity index (χ1v) is 6.07. The van der Waals surface area contributed by atoms with Gasteiger partial charge in [0.05, 0.1) is 0 Å². The number of hydrogen-bond donors (Lipinski definition) is 1. The van der Waals surface area contributed by atoms with Crippen molar-refractivity contribution in [1.82, 2.24) is 5.32 Å². The Kier molecular flexibility index (Phi) is 5.12. The maximum Gasteiger partial charge on any atom is 0.0266 e. The highest BCUT2D eigenvalue weighted by Gasteiger charge is 2.23. The van der Waals surface area contributed by atoms with Gasteiger partial charge >= 0.3 is 0 Å². The monoisotopic (exact) mass is 203 g/mol. The highest BCUT2D eigenvalue weighted by Crippen LogP contribution is 2.25. The third kappa shape index (κ3) is 3.86. The number of halogens is 1. The minimum Gasteiger partial charge on any atom is -0.313 e. The van der Waals surface area contributed by atoms with Crippen molar-refractivity contribution in [2.45, 2.75) is 45.6 Å². The Morgan fingerprint density at radius 2 is 2.00 bits per heavy atom. The summed E-state index contributed by atoms with van der Waals surface area (Å²) in [5.41, 5.74) is 0. The van der Waals surface area contributed by atoms with E-state index >= 15 is 0 Å². The van der Waals surface area contributed by atoms with Gasteiger partial charge in [-0.15, -0.1) is 11.6 Å². The van der Waals surface area contributed by atoms with Crippen LogP contribution in [-0.4, -0.2) is 18.5 Å². The highest BCUT2D eigenvalue weighted by atomic mass is 35.5. The summed E-state index contributed by atoms with van der Waals surface area (Å²) in [6.07, 6.45) is 5.39. The van der Waals surface area contributed by atoms with Crippen LogP contribution in [0.5, 0.6) is 0 Å². The molecular formula is C11H22ClN. The van der Waals surface area contributed by atoms with Gasteiger partial charge in [0.15, 0.2) is 0 Å². The Labute approximate surface area is 87.2 Å². The molecule has 0 aromatic carbocycles. The van der Waals surface area contributed by atoms with Gasteiger partial charge in [-0.3, -0.25) is 0 Å². The summed E-state index contributed by atoms with van der Waals surface area (Å²) in [5, 5.41) is 3.64. The lowest BCUT2D eigenvalue weighted by atomic mass is 9.85. The molecule has 1 N–H and O–H groups in total. The van der Waals surface area contributed by atoms with Crippen LogP contribution in [0.3, 0.4) is 0 Å². The van der Waals surface area contributed by atoms with E-state index in [1.165, 1.54) is 25.7 Å². The first kappa shape index (κ1) is 11.3. The second-order valence-corrected chi connectivity index (χ2v) is 4.92. The molecule has 78 valence electrons. The molecule has 0 amide bonds. The topological polar surface area (TPSA) is 12.0 Å². The maximum atomic E-state index is 5.95. The van der Waals surface area contributed by atoms with Gasteiger partial charge in [0.2, 0.25) is 0 Å². The molecule has 0 aromatic rings. The van der Waals surface area contributed by atoms with Crippen LogP contribution < -0.4 is 5.32 Å². The molecule has 1 rings (SSSR count). The molecule has 0 spiro atoms. The molecule has 2 unspecified atom stereocenters. The smallest absolute Gasteiger partial charge is 0.0266 e. The van der Waals surface area contributed by atoms with E-state index in [-0.39, 0.29) is 0 Å². The first-order chi connectivity index (χ1) is 6.24. The summed E-state index contributed by atoms with van der Waals surface area (Å²) >= 11 is 5.95. The fourth-order valence-corrected chi connectivity index (χ4v) is 2.42. The van der Waals surface area contributed by atoms with Crippen molar-refractivity contribution in [2.24, 2.45) is 11.8 Å². The molecule has 0 heterocycles. The molecule has 0 saturated heterocycles. The SMILES string of the molecule is CC(C)CNC1CCCCC1CCl. The molecule has 0 aliphatic heterocycles. The summed E-state index contributed by atoms with van der Waals surface area (Å²) < 4.78 is 0. The molecule has 1 saturated carbocycles. The van der Waals surface area contributed by atoms with E-state index in [1.807, 2.05) is 0 Å². The summed E-state index contributed by atoms with van der Waals surface area (Å²) in [4.78, 5) is 0. The Bertz CT molecular complexity index is 136. The molecule has 1 nitrogen and oxygen atoms in total. The van der Waals surface area contributed by atoms with Gasteiger partial charge in [-0.2, -0.15) is 0 Å². The number of nitrogens with one attached hydrogen (secondary N) is 1. The fourth-order valence-electron chi connectivity index (χ4n) is 2.05. The van der Waals surface area contributed by atoms with E-state index in [2.05, 4.69) is 19.2 Å². The van der Waals surface area contributed by atoms with E-state index < -0.39 is 0 Å². The lowest BCUT2D eigenvalue weighted by Gasteiger charge is -2.31. The van der Waals surface area contributed by atoms with E-state index in [9.17, 15) is 0 Å². The first-order valence-electron chi connectivity index (χ1n) is 5.53. The Morgan fingerprint density at radius 1 is 1.31 bits per heavy atom.